The van der Waals surface area contributed by atoms with Gasteiger partial charge in [-0.05, 0) is 24.6 Å². The fraction of sp³-hybridized carbons (Fsp3) is 0.238. The van der Waals surface area contributed by atoms with Gasteiger partial charge in [-0.25, -0.2) is 24.0 Å². The van der Waals surface area contributed by atoms with Gasteiger partial charge in [0.1, 0.15) is 11.5 Å². The molecule has 0 atom stereocenters. The van der Waals surface area contributed by atoms with Crippen LogP contribution in [0.5, 0.6) is 0 Å². The van der Waals surface area contributed by atoms with Crippen LogP contribution in [0.1, 0.15) is 25.1 Å². The summed E-state index contributed by atoms with van der Waals surface area (Å²) in [5.41, 5.74) is 1.62. The maximum atomic E-state index is 13.7. The lowest BCUT2D eigenvalue weighted by molar-refractivity contribution is -0.138. The van der Waals surface area contributed by atoms with Crippen molar-refractivity contribution in [3.05, 3.63) is 59.9 Å². The first kappa shape index (κ1) is 22.4. The van der Waals surface area contributed by atoms with Crippen LogP contribution in [0.4, 0.5) is 17.6 Å². The monoisotopic (exact) mass is 479 g/mol. The van der Waals surface area contributed by atoms with Crippen LogP contribution in [0.15, 0.2) is 47.1 Å². The minimum atomic E-state index is -4.51. The number of rotatable bonds is 5. The smallest absolute Gasteiger partial charge is 0.235 e. The van der Waals surface area contributed by atoms with Gasteiger partial charge in [0.15, 0.2) is 5.82 Å². The molecule has 0 spiro atoms. The number of halogens is 4. The molecule has 0 aliphatic heterocycles. The zero-order chi connectivity index (χ0) is 23.0. The zero-order valence-corrected chi connectivity index (χ0v) is 18.8. The zero-order valence-electron chi connectivity index (χ0n) is 17.2. The largest absolute Gasteiger partial charge is 0.419 e. The lowest BCUT2D eigenvalue weighted by Gasteiger charge is -2.06. The van der Waals surface area contributed by atoms with E-state index in [-0.39, 0.29) is 16.9 Å². The molecule has 1 aromatic carbocycles. The van der Waals surface area contributed by atoms with Gasteiger partial charge in [0.05, 0.1) is 15.5 Å². The molecule has 0 fully saturated rings. The van der Waals surface area contributed by atoms with E-state index in [2.05, 4.69) is 20.1 Å². The van der Waals surface area contributed by atoms with Gasteiger partial charge in [0.25, 0.3) is 0 Å². The van der Waals surface area contributed by atoms with Crippen LogP contribution in [0.3, 0.4) is 0 Å². The number of hydrogen-bond acceptors (Lipinski definition) is 6. The summed E-state index contributed by atoms with van der Waals surface area (Å²) >= 11 is 2.86. The van der Waals surface area contributed by atoms with Crippen LogP contribution in [-0.2, 0) is 6.18 Å². The molecule has 0 radical (unpaired) electrons. The second-order valence-electron chi connectivity index (χ2n) is 7.18. The third-order valence-electron chi connectivity index (χ3n) is 4.35. The summed E-state index contributed by atoms with van der Waals surface area (Å²) in [7, 11) is 0. The highest BCUT2D eigenvalue weighted by Gasteiger charge is 2.31. The van der Waals surface area contributed by atoms with Gasteiger partial charge in [-0.15, -0.1) is 11.8 Å². The van der Waals surface area contributed by atoms with Gasteiger partial charge < -0.3 is 0 Å². The van der Waals surface area contributed by atoms with E-state index in [0.717, 1.165) is 22.2 Å². The van der Waals surface area contributed by atoms with Gasteiger partial charge in [-0.3, -0.25) is 0 Å². The number of thiazole rings is 1. The summed E-state index contributed by atoms with van der Waals surface area (Å²) in [5, 5.41) is 5.22. The predicted octanol–water partition coefficient (Wildman–Crippen LogP) is 6.42. The number of alkyl halides is 3. The summed E-state index contributed by atoms with van der Waals surface area (Å²) in [6.07, 6.45) is -1.25. The molecule has 0 aliphatic rings. The van der Waals surface area contributed by atoms with Crippen molar-refractivity contribution in [2.24, 2.45) is 0 Å². The van der Waals surface area contributed by atoms with Crippen LogP contribution < -0.4 is 0 Å². The molecule has 0 saturated carbocycles. The Balaban J connectivity index is 1.75. The molecule has 0 saturated heterocycles. The first-order valence-corrected chi connectivity index (χ1v) is 11.2. The van der Waals surface area contributed by atoms with Crippen LogP contribution in [-0.4, -0.2) is 30.0 Å². The molecule has 0 N–H and O–H groups in total. The summed E-state index contributed by atoms with van der Waals surface area (Å²) in [6, 6.07) is 6.22. The van der Waals surface area contributed by atoms with E-state index in [1.165, 1.54) is 35.2 Å². The highest BCUT2D eigenvalue weighted by atomic mass is 32.2. The van der Waals surface area contributed by atoms with E-state index in [0.29, 0.717) is 22.1 Å². The van der Waals surface area contributed by atoms with Gasteiger partial charge >= 0.3 is 6.18 Å². The standard InChI is InChI=1S/C21H17F4N5S2/c1-11(2)31-19-17(18-26-8-14(9-27-18)21(23,24)25)28-20(32-19)30-10-16(12(3)29-30)13-5-4-6-15(22)7-13/h4-11H,1-3H3. The molecule has 3 aromatic heterocycles. The maximum absolute atomic E-state index is 13.7. The van der Waals surface area contributed by atoms with Crippen molar-refractivity contribution in [1.29, 1.82) is 0 Å². The van der Waals surface area contributed by atoms with E-state index in [9.17, 15) is 17.6 Å². The van der Waals surface area contributed by atoms with Crippen molar-refractivity contribution < 1.29 is 17.6 Å². The number of thioether (sulfide) groups is 1. The van der Waals surface area contributed by atoms with Gasteiger partial charge in [0.2, 0.25) is 5.13 Å². The summed E-state index contributed by atoms with van der Waals surface area (Å²) in [6.45, 7) is 5.82. The number of benzene rings is 1. The molecule has 166 valence electrons. The van der Waals surface area contributed by atoms with E-state index >= 15 is 0 Å². The molecular weight excluding hydrogens is 462 g/mol. The molecule has 0 unspecified atom stereocenters. The average Bonchev–Trinajstić information content (AvgIpc) is 3.30. The van der Waals surface area contributed by atoms with Gasteiger partial charge in [-0.2, -0.15) is 18.3 Å². The van der Waals surface area contributed by atoms with Crippen molar-refractivity contribution >= 4 is 23.1 Å². The second-order valence-corrected chi connectivity index (χ2v) is 10.00. The molecule has 0 aliphatic carbocycles. The molecule has 32 heavy (non-hydrogen) atoms. The fourth-order valence-electron chi connectivity index (χ4n) is 2.92. The number of hydrogen-bond donors (Lipinski definition) is 0. The number of aryl methyl sites for hydroxylation is 1. The molecule has 4 aromatic rings. The quantitative estimate of drug-likeness (QED) is 0.244. The third kappa shape index (κ3) is 4.68. The van der Waals surface area contributed by atoms with E-state index in [1.807, 2.05) is 20.8 Å². The van der Waals surface area contributed by atoms with Crippen molar-refractivity contribution in [2.45, 2.75) is 36.4 Å². The van der Waals surface area contributed by atoms with Crippen LogP contribution in [0, 0.1) is 12.7 Å². The molecule has 4 rings (SSSR count). The number of aromatic nitrogens is 5. The van der Waals surface area contributed by atoms with E-state index in [4.69, 9.17) is 0 Å². The number of nitrogens with zero attached hydrogens (tertiary/aromatic N) is 5. The summed E-state index contributed by atoms with van der Waals surface area (Å²) in [5.74, 6) is -0.237. The lowest BCUT2D eigenvalue weighted by Crippen LogP contribution is -2.06. The first-order chi connectivity index (χ1) is 15.1. The van der Waals surface area contributed by atoms with Crippen molar-refractivity contribution in [3.8, 4) is 27.8 Å². The summed E-state index contributed by atoms with van der Waals surface area (Å²) < 4.78 is 54.6. The normalized spacial score (nSPS) is 12.0. The van der Waals surface area contributed by atoms with Crippen molar-refractivity contribution in [3.63, 3.8) is 0 Å². The minimum Gasteiger partial charge on any atom is -0.235 e. The molecule has 0 amide bonds. The molecule has 11 heteroatoms. The molecular formula is C21H17F4N5S2. The average molecular weight is 480 g/mol. The predicted molar refractivity (Wildman–Crippen MR) is 116 cm³/mol. The van der Waals surface area contributed by atoms with Crippen LogP contribution >= 0.6 is 23.1 Å². The Hall–Kier alpha value is -2.79. The maximum Gasteiger partial charge on any atom is 0.419 e. The Morgan fingerprint density at radius 2 is 1.84 bits per heavy atom. The molecule has 5 nitrogen and oxygen atoms in total. The van der Waals surface area contributed by atoms with Gasteiger partial charge in [0, 0.05) is 29.4 Å². The Morgan fingerprint density at radius 1 is 1.12 bits per heavy atom. The molecule has 3 heterocycles. The Morgan fingerprint density at radius 3 is 2.47 bits per heavy atom. The lowest BCUT2D eigenvalue weighted by atomic mass is 10.1. The van der Waals surface area contributed by atoms with Gasteiger partial charge in [-0.1, -0.05) is 37.3 Å². The van der Waals surface area contributed by atoms with E-state index in [1.54, 1.807) is 23.0 Å². The Bertz CT molecular complexity index is 1250. The highest BCUT2D eigenvalue weighted by molar-refractivity contribution is 8.01. The third-order valence-corrected chi connectivity index (χ3v) is 6.61. The topological polar surface area (TPSA) is 56.5 Å². The van der Waals surface area contributed by atoms with E-state index < -0.39 is 11.7 Å². The highest BCUT2D eigenvalue weighted by Crippen LogP contribution is 2.39. The first-order valence-electron chi connectivity index (χ1n) is 9.51. The minimum absolute atomic E-state index is 0.109. The molecule has 0 bridgehead atoms. The Kier molecular flexibility index (Phi) is 6.04. The second kappa shape index (κ2) is 8.62. The SMILES string of the molecule is Cc1nn(-c2nc(-c3ncc(C(F)(F)F)cn3)c(SC(C)C)s2)cc1-c1cccc(F)c1. The van der Waals surface area contributed by atoms with Crippen molar-refractivity contribution in [1.82, 2.24) is 24.7 Å². The summed E-state index contributed by atoms with van der Waals surface area (Å²) in [4.78, 5) is 12.4. The van der Waals surface area contributed by atoms with Crippen LogP contribution in [0.2, 0.25) is 0 Å². The van der Waals surface area contributed by atoms with Crippen LogP contribution in [0.25, 0.3) is 27.8 Å². The van der Waals surface area contributed by atoms with Crippen molar-refractivity contribution in [2.75, 3.05) is 0 Å². The Labute approximate surface area is 189 Å². The fourth-order valence-corrected chi connectivity index (χ4v) is 5.32.